The molecule has 0 aliphatic carbocycles. The molecule has 0 aromatic heterocycles. The highest BCUT2D eigenvalue weighted by Crippen LogP contribution is 2.40. The highest BCUT2D eigenvalue weighted by atomic mass is 19.4. The van der Waals surface area contributed by atoms with Crippen LogP contribution in [0, 0.1) is 0 Å². The fourth-order valence-electron chi connectivity index (χ4n) is 3.54. The molecule has 2 aromatic rings. The van der Waals surface area contributed by atoms with Crippen LogP contribution in [-0.4, -0.2) is 36.6 Å². The van der Waals surface area contributed by atoms with Crippen LogP contribution in [0.25, 0.3) is 0 Å². The van der Waals surface area contributed by atoms with E-state index in [9.17, 15) is 35.9 Å². The molecule has 184 valence electrons. The lowest BCUT2D eigenvalue weighted by Crippen LogP contribution is -2.37. The molecule has 1 aliphatic rings. The Balaban J connectivity index is 1.65. The normalized spacial score (nSPS) is 13.6. The Morgan fingerprint density at radius 3 is 2.35 bits per heavy atom. The number of benzene rings is 2. The Morgan fingerprint density at radius 2 is 1.71 bits per heavy atom. The van der Waals surface area contributed by atoms with E-state index in [0.29, 0.717) is 36.5 Å². The zero-order chi connectivity index (χ0) is 25.1. The van der Waals surface area contributed by atoms with E-state index in [1.165, 1.54) is 11.0 Å². The van der Waals surface area contributed by atoms with Crippen molar-refractivity contribution in [1.29, 1.82) is 0 Å². The van der Waals surface area contributed by atoms with Crippen molar-refractivity contribution < 1.29 is 45.8 Å². The fourth-order valence-corrected chi connectivity index (χ4v) is 3.54. The Labute approximate surface area is 190 Å². The summed E-state index contributed by atoms with van der Waals surface area (Å²) >= 11 is 0. The van der Waals surface area contributed by atoms with Crippen LogP contribution in [-0.2, 0) is 35.0 Å². The summed E-state index contributed by atoms with van der Waals surface area (Å²) in [6, 6.07) is 6.49. The number of carbonyl (C=O) groups excluding carboxylic acids is 1. The van der Waals surface area contributed by atoms with Gasteiger partial charge in [-0.05, 0) is 47.9 Å². The van der Waals surface area contributed by atoms with Crippen molar-refractivity contribution >= 4 is 17.6 Å². The van der Waals surface area contributed by atoms with Gasteiger partial charge in [-0.2, -0.15) is 26.3 Å². The number of alkyl halides is 6. The first-order chi connectivity index (χ1) is 15.9. The third kappa shape index (κ3) is 6.19. The number of hydrogen-bond acceptors (Lipinski definition) is 4. The molecule has 0 spiro atoms. The van der Waals surface area contributed by atoms with E-state index in [1.807, 2.05) is 0 Å². The number of rotatable bonds is 8. The van der Waals surface area contributed by atoms with E-state index in [2.05, 4.69) is 5.32 Å². The second-order valence-electron chi connectivity index (χ2n) is 7.57. The van der Waals surface area contributed by atoms with Crippen LogP contribution in [0.4, 0.5) is 32.0 Å². The van der Waals surface area contributed by atoms with Gasteiger partial charge in [0.15, 0.2) is 0 Å². The molecule has 2 aromatic carbocycles. The number of ether oxygens (including phenoxy) is 1. The van der Waals surface area contributed by atoms with Crippen LogP contribution in [0.3, 0.4) is 0 Å². The number of aliphatic carboxylic acids is 1. The summed E-state index contributed by atoms with van der Waals surface area (Å²) in [6.45, 7) is 0.122. The zero-order valence-corrected chi connectivity index (χ0v) is 17.6. The molecule has 0 bridgehead atoms. The van der Waals surface area contributed by atoms with Crippen molar-refractivity contribution in [3.63, 3.8) is 0 Å². The predicted molar refractivity (Wildman–Crippen MR) is 108 cm³/mol. The maximum atomic E-state index is 13.1. The van der Waals surface area contributed by atoms with Gasteiger partial charge in [-0.25, -0.2) is 0 Å². The predicted octanol–water partition coefficient (Wildman–Crippen LogP) is 4.26. The standard InChI is InChI=1S/C22H20F6N2O4/c23-21(24,25)16-3-1-13(9-17(16)22(26,27)28)12-34-15-2-4-18-14(10-15)6-8-30(18)19(31)11-29-7-5-20(32)33/h1-4,9-10,29H,5-8,11-12H2,(H,32,33). The third-order valence-electron chi connectivity index (χ3n) is 5.14. The van der Waals surface area contributed by atoms with Crippen LogP contribution in [0.5, 0.6) is 5.75 Å². The monoisotopic (exact) mass is 490 g/mol. The quantitative estimate of drug-likeness (QED) is 0.427. The SMILES string of the molecule is O=C(O)CCNCC(=O)N1CCc2cc(OCc3ccc(C(F)(F)F)c(C(F)(F)F)c3)ccc21. The van der Waals surface area contributed by atoms with E-state index in [-0.39, 0.29) is 37.6 Å². The lowest BCUT2D eigenvalue weighted by Gasteiger charge is -2.18. The lowest BCUT2D eigenvalue weighted by molar-refractivity contribution is -0.162. The van der Waals surface area contributed by atoms with Gasteiger partial charge in [0, 0.05) is 18.8 Å². The van der Waals surface area contributed by atoms with Crippen molar-refractivity contribution in [2.24, 2.45) is 0 Å². The van der Waals surface area contributed by atoms with Crippen LogP contribution in [0.15, 0.2) is 36.4 Å². The smallest absolute Gasteiger partial charge is 0.417 e. The van der Waals surface area contributed by atoms with Gasteiger partial charge in [0.2, 0.25) is 5.91 Å². The first-order valence-electron chi connectivity index (χ1n) is 10.1. The van der Waals surface area contributed by atoms with E-state index < -0.39 is 29.4 Å². The average molecular weight is 490 g/mol. The lowest BCUT2D eigenvalue weighted by atomic mass is 10.0. The maximum Gasteiger partial charge on any atom is 0.417 e. The molecule has 0 unspecified atom stereocenters. The van der Waals surface area contributed by atoms with E-state index in [0.717, 1.165) is 11.6 Å². The Morgan fingerprint density at radius 1 is 1.00 bits per heavy atom. The van der Waals surface area contributed by atoms with Gasteiger partial charge in [-0.1, -0.05) is 6.07 Å². The van der Waals surface area contributed by atoms with E-state index in [1.54, 1.807) is 12.1 Å². The first-order valence-corrected chi connectivity index (χ1v) is 10.1. The summed E-state index contributed by atoms with van der Waals surface area (Å²) in [5, 5.41) is 11.4. The second-order valence-corrected chi connectivity index (χ2v) is 7.57. The molecular weight excluding hydrogens is 470 g/mol. The Hall–Kier alpha value is -3.28. The largest absolute Gasteiger partial charge is 0.489 e. The highest BCUT2D eigenvalue weighted by molar-refractivity contribution is 5.96. The summed E-state index contributed by atoms with van der Waals surface area (Å²) in [6.07, 6.45) is -9.92. The molecule has 0 atom stereocenters. The Bertz CT molecular complexity index is 1070. The molecule has 34 heavy (non-hydrogen) atoms. The highest BCUT2D eigenvalue weighted by Gasteiger charge is 2.43. The van der Waals surface area contributed by atoms with E-state index >= 15 is 0 Å². The van der Waals surface area contributed by atoms with Gasteiger partial charge < -0.3 is 20.1 Å². The number of nitrogens with zero attached hydrogens (tertiary/aromatic N) is 1. The van der Waals surface area contributed by atoms with Crippen LogP contribution in [0.2, 0.25) is 0 Å². The summed E-state index contributed by atoms with van der Waals surface area (Å²) in [4.78, 5) is 24.4. The molecule has 6 nitrogen and oxygen atoms in total. The van der Waals surface area contributed by atoms with Crippen LogP contribution < -0.4 is 15.0 Å². The van der Waals surface area contributed by atoms with Crippen LogP contribution >= 0.6 is 0 Å². The van der Waals surface area contributed by atoms with Crippen molar-refractivity contribution in [1.82, 2.24) is 5.32 Å². The molecule has 2 N–H and O–H groups in total. The number of amides is 1. The van der Waals surface area contributed by atoms with Gasteiger partial charge in [-0.15, -0.1) is 0 Å². The molecule has 1 amide bonds. The molecule has 0 saturated heterocycles. The van der Waals surface area contributed by atoms with Gasteiger partial charge in [0.1, 0.15) is 12.4 Å². The first kappa shape index (κ1) is 25.3. The number of hydrogen-bond donors (Lipinski definition) is 2. The van der Waals surface area contributed by atoms with Crippen molar-refractivity contribution in [3.8, 4) is 5.75 Å². The number of halogens is 6. The summed E-state index contributed by atoms with van der Waals surface area (Å²) < 4.78 is 83.5. The van der Waals surface area contributed by atoms with Gasteiger partial charge in [-0.3, -0.25) is 9.59 Å². The van der Waals surface area contributed by atoms with Gasteiger partial charge in [0.25, 0.3) is 0 Å². The summed E-state index contributed by atoms with van der Waals surface area (Å²) in [5.74, 6) is -0.937. The van der Waals surface area contributed by atoms with Crippen molar-refractivity contribution in [2.75, 3.05) is 24.5 Å². The summed E-state index contributed by atoms with van der Waals surface area (Å²) in [5.41, 5.74) is -2.22. The fraction of sp³-hybridized carbons (Fsp3) is 0.364. The molecule has 3 rings (SSSR count). The number of carbonyl (C=O) groups is 2. The second kappa shape index (κ2) is 9.92. The number of fused-ring (bicyclic) bond motifs is 1. The molecule has 1 heterocycles. The molecular formula is C22H20F6N2O4. The van der Waals surface area contributed by atoms with Crippen molar-refractivity contribution in [3.05, 3.63) is 58.7 Å². The molecule has 0 fully saturated rings. The number of carboxylic acid groups (broad SMARTS) is 1. The number of anilines is 1. The number of nitrogens with one attached hydrogen (secondary N) is 1. The molecule has 1 aliphatic heterocycles. The molecule has 0 radical (unpaired) electrons. The number of carboxylic acids is 1. The topological polar surface area (TPSA) is 78.9 Å². The minimum atomic E-state index is -5.17. The minimum absolute atomic E-state index is 0.0412. The average Bonchev–Trinajstić information content (AvgIpc) is 3.17. The van der Waals surface area contributed by atoms with Crippen LogP contribution in [0.1, 0.15) is 28.7 Å². The molecule has 0 saturated carbocycles. The van der Waals surface area contributed by atoms with Gasteiger partial charge >= 0.3 is 18.3 Å². The van der Waals surface area contributed by atoms with Crippen molar-refractivity contribution in [2.45, 2.75) is 31.8 Å². The van der Waals surface area contributed by atoms with Gasteiger partial charge in [0.05, 0.1) is 24.1 Å². The zero-order valence-electron chi connectivity index (χ0n) is 17.6. The third-order valence-corrected chi connectivity index (χ3v) is 5.14. The molecule has 12 heteroatoms. The Kier molecular flexibility index (Phi) is 7.39. The maximum absolute atomic E-state index is 13.1. The summed E-state index contributed by atoms with van der Waals surface area (Å²) in [7, 11) is 0. The van der Waals surface area contributed by atoms with E-state index in [4.69, 9.17) is 9.84 Å². The minimum Gasteiger partial charge on any atom is -0.489 e.